The second-order valence-corrected chi connectivity index (χ2v) is 5.01. The van der Waals surface area contributed by atoms with E-state index in [0.717, 1.165) is 17.0 Å². The summed E-state index contributed by atoms with van der Waals surface area (Å²) in [5.41, 5.74) is -0.187. The standard InChI is InChI=1S/C17H17F4NO2/c1-11-4-3-5-15(22(11)10-16(20)21)17-13(18)8-12(9-14(17)19)24-7-6-23-2/h3-5,8-9,16H,1,6-7,10H2,2H3. The second kappa shape index (κ2) is 8.01. The molecule has 1 aromatic rings. The van der Waals surface area contributed by atoms with Gasteiger partial charge in [-0.15, -0.1) is 0 Å². The number of methoxy groups -OCH3 is 1. The Hall–Kier alpha value is -2.28. The van der Waals surface area contributed by atoms with Crippen molar-refractivity contribution in [3.8, 4) is 5.75 Å². The second-order valence-electron chi connectivity index (χ2n) is 5.01. The van der Waals surface area contributed by atoms with Gasteiger partial charge in [-0.3, -0.25) is 0 Å². The SMILES string of the molecule is C=C1C=CC=C(c2c(F)cc(OCCOC)cc2F)N1CC(F)F. The van der Waals surface area contributed by atoms with Gasteiger partial charge in [-0.25, -0.2) is 17.6 Å². The average Bonchev–Trinajstić information content (AvgIpc) is 2.50. The zero-order valence-corrected chi connectivity index (χ0v) is 13.1. The molecule has 0 saturated heterocycles. The molecule has 2 rings (SSSR count). The van der Waals surface area contributed by atoms with Crippen LogP contribution in [-0.2, 0) is 4.74 Å². The van der Waals surface area contributed by atoms with Crippen molar-refractivity contribution in [1.29, 1.82) is 0 Å². The van der Waals surface area contributed by atoms with Crippen LogP contribution in [0.2, 0.25) is 0 Å². The fourth-order valence-electron chi connectivity index (χ4n) is 2.28. The van der Waals surface area contributed by atoms with Crippen LogP contribution in [0.5, 0.6) is 5.75 Å². The summed E-state index contributed by atoms with van der Waals surface area (Å²) in [6.45, 7) is 3.32. The minimum Gasteiger partial charge on any atom is -0.491 e. The maximum Gasteiger partial charge on any atom is 0.256 e. The van der Waals surface area contributed by atoms with Gasteiger partial charge in [0.2, 0.25) is 0 Å². The first-order chi connectivity index (χ1) is 11.4. The van der Waals surface area contributed by atoms with E-state index in [2.05, 4.69) is 6.58 Å². The molecule has 24 heavy (non-hydrogen) atoms. The Morgan fingerprint density at radius 3 is 2.42 bits per heavy atom. The zero-order chi connectivity index (χ0) is 17.7. The summed E-state index contributed by atoms with van der Waals surface area (Å²) in [6, 6.07) is 2.02. The quantitative estimate of drug-likeness (QED) is 0.552. The van der Waals surface area contributed by atoms with Gasteiger partial charge >= 0.3 is 0 Å². The molecule has 0 fully saturated rings. The van der Waals surface area contributed by atoms with E-state index in [0.29, 0.717) is 0 Å². The smallest absolute Gasteiger partial charge is 0.256 e. The molecule has 0 N–H and O–H groups in total. The third-order valence-corrected chi connectivity index (χ3v) is 3.33. The Labute approximate surface area is 137 Å². The molecule has 130 valence electrons. The van der Waals surface area contributed by atoms with E-state index in [1.54, 1.807) is 0 Å². The molecule has 1 heterocycles. The number of nitrogens with zero attached hydrogens (tertiary/aromatic N) is 1. The lowest BCUT2D eigenvalue weighted by Gasteiger charge is -2.30. The third-order valence-electron chi connectivity index (χ3n) is 3.33. The van der Waals surface area contributed by atoms with Crippen molar-refractivity contribution in [2.75, 3.05) is 26.9 Å². The molecule has 7 heteroatoms. The fourth-order valence-corrected chi connectivity index (χ4v) is 2.28. The predicted octanol–water partition coefficient (Wildman–Crippen LogP) is 3.98. The number of halogens is 4. The van der Waals surface area contributed by atoms with Crippen LogP contribution in [0.4, 0.5) is 17.6 Å². The van der Waals surface area contributed by atoms with Crippen LogP contribution in [0.3, 0.4) is 0 Å². The highest BCUT2D eigenvalue weighted by Gasteiger charge is 2.25. The summed E-state index contributed by atoms with van der Waals surface area (Å²) in [4.78, 5) is 1.08. The van der Waals surface area contributed by atoms with Crippen molar-refractivity contribution in [3.05, 3.63) is 59.8 Å². The molecule has 0 amide bonds. The Kier molecular flexibility index (Phi) is 6.03. The number of alkyl halides is 2. The molecule has 0 aliphatic carbocycles. The number of rotatable bonds is 7. The Morgan fingerprint density at radius 1 is 1.17 bits per heavy atom. The number of ether oxygens (including phenoxy) is 2. The molecule has 0 unspecified atom stereocenters. The summed E-state index contributed by atoms with van der Waals surface area (Å²) in [5, 5.41) is 0. The van der Waals surface area contributed by atoms with Gasteiger partial charge in [0.25, 0.3) is 6.43 Å². The van der Waals surface area contributed by atoms with Crippen LogP contribution >= 0.6 is 0 Å². The molecule has 0 aromatic heterocycles. The van der Waals surface area contributed by atoms with Crippen LogP contribution in [0.25, 0.3) is 5.70 Å². The number of allylic oxidation sites excluding steroid dienone is 3. The number of hydrogen-bond donors (Lipinski definition) is 0. The van der Waals surface area contributed by atoms with Crippen molar-refractivity contribution in [2.45, 2.75) is 6.43 Å². The summed E-state index contributed by atoms with van der Waals surface area (Å²) < 4.78 is 64.3. The maximum absolute atomic E-state index is 14.4. The van der Waals surface area contributed by atoms with Gasteiger partial charge in [0.1, 0.15) is 24.0 Å². The Balaban J connectivity index is 2.34. The summed E-state index contributed by atoms with van der Waals surface area (Å²) >= 11 is 0. The van der Waals surface area contributed by atoms with Gasteiger partial charge in [-0.05, 0) is 12.2 Å². The van der Waals surface area contributed by atoms with Crippen molar-refractivity contribution in [3.63, 3.8) is 0 Å². The van der Waals surface area contributed by atoms with Gasteiger partial charge in [-0.1, -0.05) is 12.7 Å². The van der Waals surface area contributed by atoms with Crippen molar-refractivity contribution in [2.24, 2.45) is 0 Å². The maximum atomic E-state index is 14.4. The van der Waals surface area contributed by atoms with Crippen LogP contribution in [0, 0.1) is 11.6 Å². The minimum atomic E-state index is -2.68. The zero-order valence-electron chi connectivity index (χ0n) is 13.1. The van der Waals surface area contributed by atoms with E-state index >= 15 is 0 Å². The van der Waals surface area contributed by atoms with Crippen molar-refractivity contribution in [1.82, 2.24) is 4.90 Å². The van der Waals surface area contributed by atoms with Gasteiger partial charge in [-0.2, -0.15) is 0 Å². The van der Waals surface area contributed by atoms with Crippen molar-refractivity contribution < 1.29 is 27.0 Å². The number of benzene rings is 1. The van der Waals surface area contributed by atoms with E-state index < -0.39 is 30.2 Å². The minimum absolute atomic E-state index is 0.00279. The van der Waals surface area contributed by atoms with Crippen LogP contribution < -0.4 is 4.74 Å². The van der Waals surface area contributed by atoms with Crippen molar-refractivity contribution >= 4 is 5.70 Å². The molecule has 0 spiro atoms. The van der Waals surface area contributed by atoms with Gasteiger partial charge in [0, 0.05) is 24.9 Å². The molecule has 1 aromatic carbocycles. The van der Waals surface area contributed by atoms with Gasteiger partial charge in [0.15, 0.2) is 0 Å². The highest BCUT2D eigenvalue weighted by Crippen LogP contribution is 2.33. The molecule has 1 aliphatic heterocycles. The monoisotopic (exact) mass is 343 g/mol. The molecule has 0 atom stereocenters. The first-order valence-electron chi connectivity index (χ1n) is 7.18. The van der Waals surface area contributed by atoms with Crippen LogP contribution in [-0.4, -0.2) is 38.2 Å². The fraction of sp³-hybridized carbons (Fsp3) is 0.294. The van der Waals surface area contributed by atoms with Crippen LogP contribution in [0.1, 0.15) is 5.56 Å². The summed E-state index contributed by atoms with van der Waals surface area (Å²) in [6.07, 6.45) is 1.68. The van der Waals surface area contributed by atoms with E-state index in [4.69, 9.17) is 9.47 Å². The lowest BCUT2D eigenvalue weighted by molar-refractivity contribution is 0.123. The molecule has 3 nitrogen and oxygen atoms in total. The summed E-state index contributed by atoms with van der Waals surface area (Å²) in [5.74, 6) is -1.82. The first kappa shape index (κ1) is 18.1. The van der Waals surface area contributed by atoms with E-state index in [9.17, 15) is 17.6 Å². The largest absolute Gasteiger partial charge is 0.491 e. The lowest BCUT2D eigenvalue weighted by Crippen LogP contribution is -2.28. The Morgan fingerprint density at radius 2 is 1.83 bits per heavy atom. The van der Waals surface area contributed by atoms with Crippen LogP contribution in [0.15, 0.2) is 42.6 Å². The average molecular weight is 343 g/mol. The summed E-state index contributed by atoms with van der Waals surface area (Å²) in [7, 11) is 1.47. The predicted molar refractivity (Wildman–Crippen MR) is 82.7 cm³/mol. The van der Waals surface area contributed by atoms with E-state index in [-0.39, 0.29) is 30.4 Å². The molecule has 0 saturated carbocycles. The lowest BCUT2D eigenvalue weighted by atomic mass is 10.0. The highest BCUT2D eigenvalue weighted by molar-refractivity contribution is 5.71. The van der Waals surface area contributed by atoms with E-state index in [1.165, 1.54) is 25.3 Å². The molecule has 0 bridgehead atoms. The first-order valence-corrected chi connectivity index (χ1v) is 7.18. The topological polar surface area (TPSA) is 21.7 Å². The Bertz CT molecular complexity index is 648. The van der Waals surface area contributed by atoms with Gasteiger partial charge in [0.05, 0.1) is 24.4 Å². The van der Waals surface area contributed by atoms with E-state index in [1.807, 2.05) is 0 Å². The number of hydrogen-bond acceptors (Lipinski definition) is 3. The molecular weight excluding hydrogens is 326 g/mol. The molecule has 1 aliphatic rings. The van der Waals surface area contributed by atoms with Gasteiger partial charge < -0.3 is 14.4 Å². The molecule has 0 radical (unpaired) electrons. The normalized spacial score (nSPS) is 14.3. The molecular formula is C17H17F4NO2. The highest BCUT2D eigenvalue weighted by atomic mass is 19.3. The third kappa shape index (κ3) is 4.17.